The topological polar surface area (TPSA) is 132 Å². The lowest BCUT2D eigenvalue weighted by Gasteiger charge is -2.09. The van der Waals surface area contributed by atoms with Gasteiger partial charge in [0.1, 0.15) is 0 Å². The molecule has 1 aromatic rings. The molecule has 9 heteroatoms. The second-order valence-corrected chi connectivity index (χ2v) is 5.48. The molecule has 0 unspecified atom stereocenters. The number of methoxy groups -OCH3 is 1. The second kappa shape index (κ2) is 7.80. The van der Waals surface area contributed by atoms with Crippen LogP contribution < -0.4 is 21.7 Å². The van der Waals surface area contributed by atoms with Crippen LogP contribution in [0.15, 0.2) is 34.2 Å². The van der Waals surface area contributed by atoms with Gasteiger partial charge in [-0.3, -0.25) is 10.4 Å². The molecule has 0 heterocycles. The molecule has 0 aliphatic heterocycles. The van der Waals surface area contributed by atoms with E-state index >= 15 is 0 Å². The third-order valence-electron chi connectivity index (χ3n) is 2.36. The summed E-state index contributed by atoms with van der Waals surface area (Å²) in [6.07, 6.45) is 0.772. The summed E-state index contributed by atoms with van der Waals surface area (Å²) < 4.78 is 27.1. The first-order chi connectivity index (χ1) is 9.47. The minimum atomic E-state index is -3.69. The zero-order chi connectivity index (χ0) is 15.0. The fraction of sp³-hybridized carbons (Fsp3) is 0.364. The lowest BCUT2D eigenvalue weighted by atomic mass is 10.3. The Hall–Kier alpha value is -1.68. The minimum Gasteiger partial charge on any atom is -0.385 e. The van der Waals surface area contributed by atoms with Crippen molar-refractivity contribution in [1.82, 2.24) is 5.43 Å². The van der Waals surface area contributed by atoms with E-state index in [1.54, 1.807) is 19.2 Å². The van der Waals surface area contributed by atoms with Crippen LogP contribution in [0, 0.1) is 0 Å². The molecule has 0 fully saturated rings. The predicted octanol–water partition coefficient (Wildman–Crippen LogP) is -0.398. The lowest BCUT2D eigenvalue weighted by Crippen LogP contribution is -2.36. The highest BCUT2D eigenvalue weighted by atomic mass is 32.2. The summed E-state index contributed by atoms with van der Waals surface area (Å²) >= 11 is 0. The third-order valence-corrected chi connectivity index (χ3v) is 3.29. The summed E-state index contributed by atoms with van der Waals surface area (Å²) in [6.45, 7) is 1.17. The van der Waals surface area contributed by atoms with Gasteiger partial charge in [0.2, 0.25) is 16.0 Å². The van der Waals surface area contributed by atoms with E-state index in [0.717, 1.165) is 6.42 Å². The fourth-order valence-corrected chi connectivity index (χ4v) is 1.90. The Morgan fingerprint density at radius 3 is 2.50 bits per heavy atom. The van der Waals surface area contributed by atoms with Gasteiger partial charge in [0.15, 0.2) is 0 Å². The lowest BCUT2D eigenvalue weighted by molar-refractivity contribution is 0.197. The van der Waals surface area contributed by atoms with Crippen molar-refractivity contribution in [2.45, 2.75) is 11.3 Å². The van der Waals surface area contributed by atoms with Crippen LogP contribution in [0.25, 0.3) is 0 Å². The fourth-order valence-electron chi connectivity index (χ4n) is 1.39. The quantitative estimate of drug-likeness (QED) is 0.186. The van der Waals surface area contributed by atoms with Gasteiger partial charge >= 0.3 is 0 Å². The number of aliphatic imine (C=N–C) groups is 1. The zero-order valence-corrected chi connectivity index (χ0v) is 12.0. The van der Waals surface area contributed by atoms with Crippen LogP contribution in [0.2, 0.25) is 0 Å². The first-order valence-electron chi connectivity index (χ1n) is 5.87. The molecule has 0 aliphatic rings. The minimum absolute atomic E-state index is 0.0438. The molecule has 0 aliphatic carbocycles. The molecule has 0 radical (unpaired) electrons. The van der Waals surface area contributed by atoms with Crippen molar-refractivity contribution in [1.29, 1.82) is 0 Å². The van der Waals surface area contributed by atoms with E-state index in [1.165, 1.54) is 12.1 Å². The molecule has 1 rings (SSSR count). The van der Waals surface area contributed by atoms with Crippen molar-refractivity contribution >= 4 is 21.7 Å². The number of hydrogen-bond acceptors (Lipinski definition) is 5. The van der Waals surface area contributed by atoms with Gasteiger partial charge in [-0.1, -0.05) is 0 Å². The standard InChI is InChI=1S/C11H19N5O3S/c1-19-8-2-7-14-11(16-12)15-9-3-5-10(6-4-9)20(13,17)18/h3-6H,2,7-8,12H2,1H3,(H2,13,17,18)(H2,14,15,16). The highest BCUT2D eigenvalue weighted by molar-refractivity contribution is 7.89. The summed E-state index contributed by atoms with van der Waals surface area (Å²) in [5.41, 5.74) is 3.07. The predicted molar refractivity (Wildman–Crippen MR) is 77.6 cm³/mol. The molecular weight excluding hydrogens is 282 g/mol. The summed E-state index contributed by atoms with van der Waals surface area (Å²) in [4.78, 5) is 4.24. The van der Waals surface area contributed by atoms with Crippen LogP contribution in [-0.4, -0.2) is 34.6 Å². The Kier molecular flexibility index (Phi) is 6.39. The van der Waals surface area contributed by atoms with Crippen LogP contribution in [0.4, 0.5) is 5.69 Å². The van der Waals surface area contributed by atoms with Crippen molar-refractivity contribution in [2.75, 3.05) is 25.6 Å². The Bertz CT molecular complexity index is 542. The number of benzene rings is 1. The number of nitrogens with one attached hydrogen (secondary N) is 2. The van der Waals surface area contributed by atoms with Gasteiger partial charge in [-0.15, -0.1) is 0 Å². The van der Waals surface area contributed by atoms with Crippen LogP contribution in [0.1, 0.15) is 6.42 Å². The van der Waals surface area contributed by atoms with E-state index in [4.69, 9.17) is 15.7 Å². The van der Waals surface area contributed by atoms with Gasteiger partial charge in [0, 0.05) is 25.9 Å². The van der Waals surface area contributed by atoms with Crippen LogP contribution in [0.5, 0.6) is 0 Å². The first-order valence-corrected chi connectivity index (χ1v) is 7.42. The number of hydrogen-bond donors (Lipinski definition) is 4. The maximum Gasteiger partial charge on any atom is 0.238 e. The SMILES string of the molecule is COCCCN=C(NN)Nc1ccc(S(N)(=O)=O)cc1. The van der Waals surface area contributed by atoms with E-state index in [2.05, 4.69) is 15.7 Å². The van der Waals surface area contributed by atoms with Crippen molar-refractivity contribution < 1.29 is 13.2 Å². The molecule has 0 spiro atoms. The molecule has 0 bridgehead atoms. The number of sulfonamides is 1. The highest BCUT2D eigenvalue weighted by Crippen LogP contribution is 2.12. The van der Waals surface area contributed by atoms with E-state index in [9.17, 15) is 8.42 Å². The van der Waals surface area contributed by atoms with Crippen molar-refractivity contribution in [3.05, 3.63) is 24.3 Å². The van der Waals surface area contributed by atoms with Gasteiger partial charge in [-0.25, -0.2) is 19.4 Å². The average molecular weight is 301 g/mol. The first kappa shape index (κ1) is 16.4. The van der Waals surface area contributed by atoms with Crippen molar-refractivity contribution in [2.24, 2.45) is 16.0 Å². The summed E-state index contributed by atoms with van der Waals surface area (Å²) in [7, 11) is -2.06. The Balaban J connectivity index is 2.66. The largest absolute Gasteiger partial charge is 0.385 e. The van der Waals surface area contributed by atoms with Crippen molar-refractivity contribution in [3.8, 4) is 0 Å². The molecule has 0 amide bonds. The Labute approximate surface area is 118 Å². The molecule has 0 saturated heterocycles. The number of rotatable bonds is 6. The summed E-state index contributed by atoms with van der Waals surface area (Å²) in [5.74, 6) is 5.72. The maximum absolute atomic E-state index is 11.1. The molecule has 8 nitrogen and oxygen atoms in total. The molecule has 0 aromatic heterocycles. The van der Waals surface area contributed by atoms with Gasteiger partial charge < -0.3 is 10.1 Å². The van der Waals surface area contributed by atoms with E-state index in [0.29, 0.717) is 24.8 Å². The van der Waals surface area contributed by atoms with Crippen LogP contribution in [0.3, 0.4) is 0 Å². The number of guanidine groups is 1. The normalized spacial score (nSPS) is 12.2. The average Bonchev–Trinajstić information content (AvgIpc) is 2.42. The number of nitrogens with zero attached hydrogens (tertiary/aromatic N) is 1. The molecule has 112 valence electrons. The number of anilines is 1. The van der Waals surface area contributed by atoms with Gasteiger partial charge in [-0.2, -0.15) is 0 Å². The molecule has 6 N–H and O–H groups in total. The van der Waals surface area contributed by atoms with E-state index < -0.39 is 10.0 Å². The molecule has 0 atom stereocenters. The number of primary sulfonamides is 1. The molecule has 20 heavy (non-hydrogen) atoms. The molecule has 1 aromatic carbocycles. The Morgan fingerprint density at radius 1 is 1.35 bits per heavy atom. The zero-order valence-electron chi connectivity index (χ0n) is 11.2. The van der Waals surface area contributed by atoms with Crippen LogP contribution >= 0.6 is 0 Å². The summed E-state index contributed by atoms with van der Waals surface area (Å²) in [6, 6.07) is 5.94. The summed E-state index contributed by atoms with van der Waals surface area (Å²) in [5, 5.41) is 7.93. The highest BCUT2D eigenvalue weighted by Gasteiger charge is 2.07. The maximum atomic E-state index is 11.1. The Morgan fingerprint density at radius 2 is 2.00 bits per heavy atom. The van der Waals surface area contributed by atoms with Gasteiger partial charge in [-0.05, 0) is 30.7 Å². The van der Waals surface area contributed by atoms with Gasteiger partial charge in [0.05, 0.1) is 4.90 Å². The molecule has 0 saturated carbocycles. The number of hydrazine groups is 1. The number of nitrogens with two attached hydrogens (primary N) is 2. The van der Waals surface area contributed by atoms with Gasteiger partial charge in [0.25, 0.3) is 0 Å². The van der Waals surface area contributed by atoms with E-state index in [1.807, 2.05) is 0 Å². The van der Waals surface area contributed by atoms with E-state index in [-0.39, 0.29) is 4.90 Å². The monoisotopic (exact) mass is 301 g/mol. The van der Waals surface area contributed by atoms with Crippen LogP contribution in [-0.2, 0) is 14.8 Å². The number of ether oxygens (including phenoxy) is 1. The second-order valence-electron chi connectivity index (χ2n) is 3.92. The smallest absolute Gasteiger partial charge is 0.238 e. The third kappa shape index (κ3) is 5.53. The van der Waals surface area contributed by atoms with Crippen molar-refractivity contribution in [3.63, 3.8) is 0 Å². The molecular formula is C11H19N5O3S.